The number of ether oxygens (including phenoxy) is 3. The monoisotopic (exact) mass is 358 g/mol. The van der Waals surface area contributed by atoms with Crippen LogP contribution in [0.3, 0.4) is 0 Å². The number of rotatable bonds is 7. The Kier molecular flexibility index (Phi) is 5.75. The number of esters is 1. The van der Waals surface area contributed by atoms with Crippen LogP contribution in [0.1, 0.15) is 10.4 Å². The van der Waals surface area contributed by atoms with Crippen molar-refractivity contribution in [3.05, 3.63) is 58.3 Å². The van der Waals surface area contributed by atoms with Gasteiger partial charge in [0.25, 0.3) is 0 Å². The number of fused-ring (bicyclic) bond motifs is 2. The highest BCUT2D eigenvalue weighted by Crippen LogP contribution is 2.27. The summed E-state index contributed by atoms with van der Waals surface area (Å²) in [5.74, 6) is -0.452. The molecule has 25 heavy (non-hydrogen) atoms. The average molecular weight is 358 g/mol. The van der Waals surface area contributed by atoms with Gasteiger partial charge in [0.1, 0.15) is 6.61 Å². The Morgan fingerprint density at radius 2 is 1.72 bits per heavy atom. The molecule has 3 aromatic rings. The molecule has 130 valence electrons. The Labute approximate surface area is 148 Å². The Morgan fingerprint density at radius 1 is 0.960 bits per heavy atom. The van der Waals surface area contributed by atoms with Gasteiger partial charge in [0.05, 0.1) is 30.1 Å². The highest BCUT2D eigenvalue weighted by molar-refractivity contribution is 7.24. The second kappa shape index (κ2) is 8.20. The van der Waals surface area contributed by atoms with Gasteiger partial charge in [-0.15, -0.1) is 11.3 Å². The Bertz CT molecular complexity index is 947. The number of hydrogen-bond donors (Lipinski definition) is 0. The van der Waals surface area contributed by atoms with Gasteiger partial charge in [0, 0.05) is 22.6 Å². The molecule has 3 rings (SSSR count). The highest BCUT2D eigenvalue weighted by atomic mass is 32.1. The van der Waals surface area contributed by atoms with Crippen LogP contribution in [-0.2, 0) is 14.2 Å². The standard InChI is InChI=1S/C19H18O5S/c1-22-9-10-23-11-12-24-19(21)15-7-4-6-14-17(20)13-5-2-3-8-16(13)25-18(14)15/h2-8H,9-12H2,1H3. The summed E-state index contributed by atoms with van der Waals surface area (Å²) in [6, 6.07) is 12.5. The maximum absolute atomic E-state index is 12.6. The van der Waals surface area contributed by atoms with Crippen molar-refractivity contribution in [3.63, 3.8) is 0 Å². The lowest BCUT2D eigenvalue weighted by atomic mass is 10.1. The Morgan fingerprint density at radius 3 is 2.56 bits per heavy atom. The summed E-state index contributed by atoms with van der Waals surface area (Å²) in [5, 5.41) is 1.20. The Balaban J connectivity index is 1.84. The van der Waals surface area contributed by atoms with Crippen LogP contribution < -0.4 is 5.43 Å². The number of methoxy groups -OCH3 is 1. The Hall–Kier alpha value is -2.28. The maximum atomic E-state index is 12.6. The molecule has 0 saturated heterocycles. The van der Waals surface area contributed by atoms with Gasteiger partial charge in [-0.1, -0.05) is 18.2 Å². The van der Waals surface area contributed by atoms with Gasteiger partial charge in [-0.25, -0.2) is 4.79 Å². The molecule has 0 N–H and O–H groups in total. The summed E-state index contributed by atoms with van der Waals surface area (Å²) in [4.78, 5) is 25.0. The molecular formula is C19H18O5S. The minimum atomic E-state index is -0.452. The van der Waals surface area contributed by atoms with Gasteiger partial charge in [0.2, 0.25) is 0 Å². The van der Waals surface area contributed by atoms with Crippen LogP contribution in [0.4, 0.5) is 0 Å². The minimum absolute atomic E-state index is 0.0677. The van der Waals surface area contributed by atoms with Crippen molar-refractivity contribution in [3.8, 4) is 0 Å². The predicted octanol–water partition coefficient (Wildman–Crippen LogP) is 3.23. The van der Waals surface area contributed by atoms with E-state index in [9.17, 15) is 9.59 Å². The topological polar surface area (TPSA) is 61.8 Å². The van der Waals surface area contributed by atoms with E-state index in [1.54, 1.807) is 31.4 Å². The fourth-order valence-corrected chi connectivity index (χ4v) is 3.67. The summed E-state index contributed by atoms with van der Waals surface area (Å²) in [5.41, 5.74) is 0.337. The van der Waals surface area contributed by atoms with Crippen LogP contribution in [0.25, 0.3) is 20.2 Å². The second-order valence-corrected chi connectivity index (χ2v) is 6.40. The second-order valence-electron chi connectivity index (χ2n) is 5.35. The van der Waals surface area contributed by atoms with E-state index in [2.05, 4.69) is 0 Å². The van der Waals surface area contributed by atoms with Gasteiger partial charge >= 0.3 is 5.97 Å². The van der Waals surface area contributed by atoms with Crippen molar-refractivity contribution in [2.24, 2.45) is 0 Å². The summed E-state index contributed by atoms with van der Waals surface area (Å²) >= 11 is 1.42. The summed E-state index contributed by atoms with van der Waals surface area (Å²) < 4.78 is 16.9. The third kappa shape index (κ3) is 3.87. The van der Waals surface area contributed by atoms with Crippen molar-refractivity contribution in [1.82, 2.24) is 0 Å². The van der Waals surface area contributed by atoms with Crippen LogP contribution in [0.2, 0.25) is 0 Å². The quantitative estimate of drug-likeness (QED) is 0.369. The van der Waals surface area contributed by atoms with E-state index in [4.69, 9.17) is 14.2 Å². The van der Waals surface area contributed by atoms with Gasteiger partial charge < -0.3 is 14.2 Å². The molecule has 5 nitrogen and oxygen atoms in total. The lowest BCUT2D eigenvalue weighted by molar-refractivity contribution is 0.0215. The number of hydrogen-bond acceptors (Lipinski definition) is 6. The third-order valence-electron chi connectivity index (χ3n) is 3.72. The molecule has 0 saturated carbocycles. The zero-order valence-electron chi connectivity index (χ0n) is 13.8. The fourth-order valence-electron chi connectivity index (χ4n) is 2.50. The molecule has 0 fully saturated rings. The van der Waals surface area contributed by atoms with E-state index < -0.39 is 5.97 Å². The van der Waals surface area contributed by atoms with E-state index in [0.717, 1.165) is 4.70 Å². The molecule has 0 aliphatic carbocycles. The predicted molar refractivity (Wildman–Crippen MR) is 98.6 cm³/mol. The smallest absolute Gasteiger partial charge is 0.339 e. The number of benzene rings is 2. The molecule has 1 heterocycles. The first-order valence-electron chi connectivity index (χ1n) is 7.90. The third-order valence-corrected chi connectivity index (χ3v) is 4.94. The highest BCUT2D eigenvalue weighted by Gasteiger charge is 2.15. The van der Waals surface area contributed by atoms with Crippen LogP contribution in [0.5, 0.6) is 0 Å². The van der Waals surface area contributed by atoms with E-state index in [1.165, 1.54) is 11.3 Å². The van der Waals surface area contributed by atoms with Crippen molar-refractivity contribution in [2.45, 2.75) is 0 Å². The van der Waals surface area contributed by atoms with E-state index >= 15 is 0 Å². The normalized spacial score (nSPS) is 11.1. The van der Waals surface area contributed by atoms with Gasteiger partial charge in [-0.2, -0.15) is 0 Å². The molecule has 0 bridgehead atoms. The van der Waals surface area contributed by atoms with Crippen LogP contribution >= 0.6 is 11.3 Å². The molecule has 0 aliphatic heterocycles. The van der Waals surface area contributed by atoms with E-state index in [1.807, 2.05) is 18.2 Å². The zero-order chi connectivity index (χ0) is 17.6. The number of carbonyl (C=O) groups excluding carboxylic acids is 1. The molecular weight excluding hydrogens is 340 g/mol. The first-order chi connectivity index (χ1) is 12.2. The SMILES string of the molecule is COCCOCCOC(=O)c1cccc2c(=O)c3ccccc3sc12. The van der Waals surface area contributed by atoms with Crippen molar-refractivity contribution in [1.29, 1.82) is 0 Å². The molecule has 1 aromatic heterocycles. The minimum Gasteiger partial charge on any atom is -0.460 e. The van der Waals surface area contributed by atoms with Crippen molar-refractivity contribution < 1.29 is 19.0 Å². The molecule has 6 heteroatoms. The summed E-state index contributed by atoms with van der Waals surface area (Å²) in [6.45, 7) is 1.41. The molecule has 0 unspecified atom stereocenters. The average Bonchev–Trinajstić information content (AvgIpc) is 2.64. The maximum Gasteiger partial charge on any atom is 0.339 e. The van der Waals surface area contributed by atoms with Gasteiger partial charge in [-0.05, 0) is 24.3 Å². The first kappa shape index (κ1) is 17.5. The fraction of sp³-hybridized carbons (Fsp3) is 0.263. The van der Waals surface area contributed by atoms with Crippen LogP contribution in [0, 0.1) is 0 Å². The molecule has 2 aromatic carbocycles. The van der Waals surface area contributed by atoms with Crippen molar-refractivity contribution >= 4 is 37.5 Å². The molecule has 0 amide bonds. The van der Waals surface area contributed by atoms with Gasteiger partial charge in [0.15, 0.2) is 5.43 Å². The first-order valence-corrected chi connectivity index (χ1v) is 8.72. The number of carbonyl (C=O) groups is 1. The van der Waals surface area contributed by atoms with Gasteiger partial charge in [-0.3, -0.25) is 4.79 Å². The summed E-state index contributed by atoms with van der Waals surface area (Å²) in [7, 11) is 1.60. The van der Waals surface area contributed by atoms with Crippen LogP contribution in [0.15, 0.2) is 47.3 Å². The lowest BCUT2D eigenvalue weighted by Crippen LogP contribution is -2.13. The van der Waals surface area contributed by atoms with E-state index in [-0.39, 0.29) is 12.0 Å². The van der Waals surface area contributed by atoms with Crippen molar-refractivity contribution in [2.75, 3.05) is 33.5 Å². The molecule has 0 atom stereocenters. The molecule has 0 spiro atoms. The lowest BCUT2D eigenvalue weighted by Gasteiger charge is -2.08. The zero-order valence-corrected chi connectivity index (χ0v) is 14.6. The molecule has 0 aliphatic rings. The summed E-state index contributed by atoms with van der Waals surface area (Å²) in [6.07, 6.45) is 0. The van der Waals surface area contributed by atoms with Crippen LogP contribution in [-0.4, -0.2) is 39.5 Å². The van der Waals surface area contributed by atoms with E-state index in [0.29, 0.717) is 40.9 Å². The molecule has 0 radical (unpaired) electrons. The largest absolute Gasteiger partial charge is 0.460 e.